The zero-order valence-electron chi connectivity index (χ0n) is 17.1. The summed E-state index contributed by atoms with van der Waals surface area (Å²) in [6.45, 7) is 1.42. The van der Waals surface area contributed by atoms with Crippen molar-refractivity contribution in [3.63, 3.8) is 0 Å². The first-order chi connectivity index (χ1) is 14.8. The van der Waals surface area contributed by atoms with Gasteiger partial charge in [0.05, 0.1) is 19.3 Å². The van der Waals surface area contributed by atoms with Crippen molar-refractivity contribution in [1.82, 2.24) is 5.32 Å². The Morgan fingerprint density at radius 3 is 1.67 bits per heavy atom. The van der Waals surface area contributed by atoms with Crippen LogP contribution in [-0.2, 0) is 29.1 Å². The van der Waals surface area contributed by atoms with Crippen molar-refractivity contribution in [3.05, 3.63) is 108 Å². The topological polar surface area (TPSA) is 50.7 Å². The van der Waals surface area contributed by atoms with E-state index >= 15 is 0 Å². The summed E-state index contributed by atoms with van der Waals surface area (Å²) in [6, 6.07) is 30.6. The minimum Gasteiger partial charge on any atom is -0.389 e. The van der Waals surface area contributed by atoms with Crippen LogP contribution >= 0.6 is 0 Å². The summed E-state index contributed by atoms with van der Waals surface area (Å²) in [4.78, 5) is 0. The van der Waals surface area contributed by atoms with Gasteiger partial charge in [-0.1, -0.05) is 91.0 Å². The van der Waals surface area contributed by atoms with E-state index in [1.165, 1.54) is 5.56 Å². The van der Waals surface area contributed by atoms with Crippen LogP contribution in [0.15, 0.2) is 91.0 Å². The molecule has 0 bridgehead atoms. The number of benzene rings is 3. The summed E-state index contributed by atoms with van der Waals surface area (Å²) in [5, 5.41) is 14.2. The van der Waals surface area contributed by atoms with Gasteiger partial charge in [0.25, 0.3) is 0 Å². The van der Waals surface area contributed by atoms with Gasteiger partial charge in [0.2, 0.25) is 0 Å². The quantitative estimate of drug-likeness (QED) is 0.602. The molecule has 4 heteroatoms. The second-order valence-corrected chi connectivity index (χ2v) is 7.79. The lowest BCUT2D eigenvalue weighted by molar-refractivity contribution is -0.158. The fourth-order valence-electron chi connectivity index (χ4n) is 3.96. The van der Waals surface area contributed by atoms with Crippen molar-refractivity contribution >= 4 is 0 Å². The van der Waals surface area contributed by atoms with Gasteiger partial charge in [0.15, 0.2) is 0 Å². The predicted octanol–water partition coefficient (Wildman–Crippen LogP) is 3.73. The van der Waals surface area contributed by atoms with Crippen molar-refractivity contribution < 1.29 is 14.6 Å². The van der Waals surface area contributed by atoms with Gasteiger partial charge in [-0.2, -0.15) is 0 Å². The molecule has 1 aliphatic rings. The molecule has 1 heterocycles. The third kappa shape index (κ3) is 5.55. The molecule has 4 nitrogen and oxygen atoms in total. The standard InChI is InChI=1S/C26H29NO3/c28-24-17-27-23(16-20-10-4-1-5-11-20)25(29-18-21-12-6-2-7-13-21)26(24)30-19-22-14-8-3-9-15-22/h1-15,23-28H,16-19H2/t23-,24+,25-,26-/m0/s1. The van der Waals surface area contributed by atoms with Gasteiger partial charge in [-0.3, -0.25) is 0 Å². The van der Waals surface area contributed by atoms with E-state index in [1.807, 2.05) is 54.6 Å². The average molecular weight is 404 g/mol. The molecule has 2 N–H and O–H groups in total. The van der Waals surface area contributed by atoms with E-state index in [2.05, 4.69) is 41.7 Å². The van der Waals surface area contributed by atoms with Crippen LogP contribution in [-0.4, -0.2) is 36.0 Å². The van der Waals surface area contributed by atoms with Crippen molar-refractivity contribution in [3.8, 4) is 0 Å². The van der Waals surface area contributed by atoms with Crippen molar-refractivity contribution in [1.29, 1.82) is 0 Å². The van der Waals surface area contributed by atoms with Crippen LogP contribution in [0.1, 0.15) is 16.7 Å². The molecular weight excluding hydrogens is 374 g/mol. The van der Waals surface area contributed by atoms with Crippen LogP contribution in [0.25, 0.3) is 0 Å². The maximum absolute atomic E-state index is 10.7. The first-order valence-electron chi connectivity index (χ1n) is 10.6. The monoisotopic (exact) mass is 403 g/mol. The highest BCUT2D eigenvalue weighted by molar-refractivity contribution is 5.18. The van der Waals surface area contributed by atoms with E-state index in [-0.39, 0.29) is 12.1 Å². The Balaban J connectivity index is 1.50. The van der Waals surface area contributed by atoms with Gasteiger partial charge in [-0.05, 0) is 23.1 Å². The summed E-state index contributed by atoms with van der Waals surface area (Å²) in [5.41, 5.74) is 3.43. The van der Waals surface area contributed by atoms with Gasteiger partial charge in [0, 0.05) is 12.6 Å². The number of rotatable bonds is 8. The van der Waals surface area contributed by atoms with Gasteiger partial charge >= 0.3 is 0 Å². The molecule has 1 fully saturated rings. The van der Waals surface area contributed by atoms with Crippen molar-refractivity contribution in [2.75, 3.05) is 6.54 Å². The molecule has 30 heavy (non-hydrogen) atoms. The van der Waals surface area contributed by atoms with Gasteiger partial charge in [-0.25, -0.2) is 0 Å². The van der Waals surface area contributed by atoms with Gasteiger partial charge in [-0.15, -0.1) is 0 Å². The maximum atomic E-state index is 10.7. The second kappa shape index (κ2) is 10.5. The number of hydrogen-bond acceptors (Lipinski definition) is 4. The largest absolute Gasteiger partial charge is 0.389 e. The Bertz CT molecular complexity index is 873. The zero-order chi connectivity index (χ0) is 20.6. The highest BCUT2D eigenvalue weighted by atomic mass is 16.5. The average Bonchev–Trinajstić information content (AvgIpc) is 2.80. The molecule has 1 aliphatic heterocycles. The molecule has 0 unspecified atom stereocenters. The van der Waals surface area contributed by atoms with E-state index in [9.17, 15) is 5.11 Å². The van der Waals surface area contributed by atoms with Crippen LogP contribution in [0.2, 0.25) is 0 Å². The summed E-state index contributed by atoms with van der Waals surface area (Å²) in [5.74, 6) is 0. The summed E-state index contributed by atoms with van der Waals surface area (Å²) in [6.07, 6.45) is -0.471. The fourth-order valence-corrected chi connectivity index (χ4v) is 3.96. The van der Waals surface area contributed by atoms with Crippen LogP contribution < -0.4 is 5.32 Å². The zero-order valence-corrected chi connectivity index (χ0v) is 17.1. The predicted molar refractivity (Wildman–Crippen MR) is 118 cm³/mol. The highest BCUT2D eigenvalue weighted by Crippen LogP contribution is 2.23. The minimum absolute atomic E-state index is 0.0558. The second-order valence-electron chi connectivity index (χ2n) is 7.79. The fraction of sp³-hybridized carbons (Fsp3) is 0.308. The number of hydrogen-bond donors (Lipinski definition) is 2. The third-order valence-electron chi connectivity index (χ3n) is 5.56. The van der Waals surface area contributed by atoms with E-state index in [1.54, 1.807) is 0 Å². The number of aliphatic hydroxyl groups is 1. The molecule has 0 saturated carbocycles. The van der Waals surface area contributed by atoms with Crippen LogP contribution in [0.5, 0.6) is 0 Å². The van der Waals surface area contributed by atoms with E-state index in [0.29, 0.717) is 19.8 Å². The molecule has 4 rings (SSSR count). The molecule has 4 atom stereocenters. The smallest absolute Gasteiger partial charge is 0.113 e. The number of nitrogens with one attached hydrogen (secondary N) is 1. The molecular formula is C26H29NO3. The van der Waals surface area contributed by atoms with E-state index in [4.69, 9.17) is 9.47 Å². The van der Waals surface area contributed by atoms with Crippen LogP contribution in [0, 0.1) is 0 Å². The molecule has 0 radical (unpaired) electrons. The Labute approximate surface area is 178 Å². The lowest BCUT2D eigenvalue weighted by atomic mass is 9.91. The first-order valence-corrected chi connectivity index (χ1v) is 10.6. The van der Waals surface area contributed by atoms with Gasteiger partial charge in [0.1, 0.15) is 12.2 Å². The molecule has 0 spiro atoms. The molecule has 156 valence electrons. The van der Waals surface area contributed by atoms with Crippen molar-refractivity contribution in [2.24, 2.45) is 0 Å². The highest BCUT2D eigenvalue weighted by Gasteiger charge is 2.40. The Morgan fingerprint density at radius 1 is 0.667 bits per heavy atom. The van der Waals surface area contributed by atoms with Crippen LogP contribution in [0.4, 0.5) is 0 Å². The molecule has 0 amide bonds. The maximum Gasteiger partial charge on any atom is 0.113 e. The Morgan fingerprint density at radius 2 is 1.13 bits per heavy atom. The molecule has 1 saturated heterocycles. The van der Waals surface area contributed by atoms with Gasteiger partial charge < -0.3 is 19.9 Å². The SMILES string of the molecule is O[C@@H]1CN[C@@H](Cc2ccccc2)[C@H](OCc2ccccc2)[C@H]1OCc1ccccc1. The first kappa shape index (κ1) is 20.8. The third-order valence-corrected chi connectivity index (χ3v) is 5.56. The lowest BCUT2D eigenvalue weighted by Gasteiger charge is -2.41. The molecule has 3 aromatic rings. The van der Waals surface area contributed by atoms with Crippen LogP contribution in [0.3, 0.4) is 0 Å². The molecule has 3 aromatic carbocycles. The summed E-state index contributed by atoms with van der Waals surface area (Å²) in [7, 11) is 0. The summed E-state index contributed by atoms with van der Waals surface area (Å²) < 4.78 is 12.6. The minimum atomic E-state index is -0.624. The number of ether oxygens (including phenoxy) is 2. The molecule has 0 aromatic heterocycles. The van der Waals surface area contributed by atoms with E-state index in [0.717, 1.165) is 17.5 Å². The number of aliphatic hydroxyl groups excluding tert-OH is 1. The molecule has 0 aliphatic carbocycles. The van der Waals surface area contributed by atoms with Crippen molar-refractivity contribution in [2.45, 2.75) is 44.0 Å². The number of β-amino-alcohol motifs (C(OH)–C–C–N with tert-alkyl or cyclic N) is 1. The summed E-state index contributed by atoms with van der Waals surface area (Å²) >= 11 is 0. The normalized spacial score (nSPS) is 23.9. The number of piperidine rings is 1. The Hall–Kier alpha value is -2.50. The van der Waals surface area contributed by atoms with E-state index < -0.39 is 12.2 Å². The Kier molecular flexibility index (Phi) is 7.27. The lowest BCUT2D eigenvalue weighted by Crippen LogP contribution is -2.62.